The highest BCUT2D eigenvalue weighted by Crippen LogP contribution is 2.21. The topological polar surface area (TPSA) is 61.4 Å². The highest BCUT2D eigenvalue weighted by molar-refractivity contribution is 5.93. The first-order chi connectivity index (χ1) is 14.2. The number of anilines is 3. The minimum Gasteiger partial charge on any atom is -0.368 e. The molecule has 1 aliphatic heterocycles. The van der Waals surface area contributed by atoms with Gasteiger partial charge in [0, 0.05) is 43.6 Å². The molecule has 0 saturated carbocycles. The Morgan fingerprint density at radius 1 is 0.966 bits per heavy atom. The van der Waals surface area contributed by atoms with Crippen LogP contribution in [0.1, 0.15) is 23.0 Å². The average Bonchev–Trinajstić information content (AvgIpc) is 2.80. The Labute approximate surface area is 171 Å². The van der Waals surface area contributed by atoms with E-state index in [0.717, 1.165) is 25.2 Å². The lowest BCUT2D eigenvalue weighted by Gasteiger charge is -2.36. The predicted molar refractivity (Wildman–Crippen MR) is 116 cm³/mol. The number of nitrogens with zero attached hydrogens (tertiary/aromatic N) is 4. The van der Waals surface area contributed by atoms with Crippen LogP contribution in [0.25, 0.3) is 0 Å². The number of amides is 1. The number of rotatable bonds is 5. The third kappa shape index (κ3) is 4.37. The molecule has 4 rings (SSSR count). The van der Waals surface area contributed by atoms with Crippen molar-refractivity contribution in [3.05, 3.63) is 78.2 Å². The number of aryl methyl sites for hydroxylation is 1. The van der Waals surface area contributed by atoms with Crippen LogP contribution in [0, 0.1) is 0 Å². The number of aromatic nitrogens is 2. The molecule has 148 valence electrons. The van der Waals surface area contributed by atoms with Crippen molar-refractivity contribution in [2.24, 2.45) is 0 Å². The van der Waals surface area contributed by atoms with Crippen LogP contribution >= 0.6 is 0 Å². The van der Waals surface area contributed by atoms with E-state index in [1.165, 1.54) is 17.6 Å². The second-order valence-corrected chi connectivity index (χ2v) is 7.04. The number of benzene rings is 2. The van der Waals surface area contributed by atoms with E-state index >= 15 is 0 Å². The summed E-state index contributed by atoms with van der Waals surface area (Å²) in [6.45, 7) is 5.11. The first kappa shape index (κ1) is 18.9. The molecule has 6 nitrogen and oxygen atoms in total. The number of nitrogens with one attached hydrogen (secondary N) is 1. The molecule has 2 heterocycles. The van der Waals surface area contributed by atoms with Crippen LogP contribution in [-0.2, 0) is 6.42 Å². The van der Waals surface area contributed by atoms with Crippen molar-refractivity contribution in [3.8, 4) is 0 Å². The maximum atomic E-state index is 13.0. The molecule has 1 fully saturated rings. The van der Waals surface area contributed by atoms with E-state index in [1.54, 1.807) is 6.07 Å². The van der Waals surface area contributed by atoms with Gasteiger partial charge >= 0.3 is 0 Å². The third-order valence-corrected chi connectivity index (χ3v) is 5.24. The van der Waals surface area contributed by atoms with E-state index in [0.29, 0.717) is 24.6 Å². The van der Waals surface area contributed by atoms with Gasteiger partial charge in [0.25, 0.3) is 5.91 Å². The quantitative estimate of drug-likeness (QED) is 0.723. The third-order valence-electron chi connectivity index (χ3n) is 5.24. The molecule has 3 aromatic rings. The summed E-state index contributed by atoms with van der Waals surface area (Å²) >= 11 is 0. The van der Waals surface area contributed by atoms with Crippen molar-refractivity contribution >= 4 is 23.1 Å². The van der Waals surface area contributed by atoms with E-state index in [-0.39, 0.29) is 5.91 Å². The Morgan fingerprint density at radius 3 is 2.45 bits per heavy atom. The molecule has 0 aliphatic carbocycles. The van der Waals surface area contributed by atoms with Crippen LogP contribution in [-0.4, -0.2) is 47.0 Å². The molecule has 29 heavy (non-hydrogen) atoms. The van der Waals surface area contributed by atoms with Crippen LogP contribution in [0.15, 0.2) is 67.0 Å². The molecular formula is C23H25N5O. The van der Waals surface area contributed by atoms with Crippen LogP contribution < -0.4 is 10.2 Å². The average molecular weight is 387 g/mol. The number of para-hydroxylation sites is 2. The number of carbonyl (C=O) groups excluding carboxylic acids is 1. The molecule has 1 aromatic heterocycles. The van der Waals surface area contributed by atoms with Crippen molar-refractivity contribution in [1.82, 2.24) is 14.9 Å². The van der Waals surface area contributed by atoms with Gasteiger partial charge in [-0.1, -0.05) is 43.3 Å². The predicted octanol–water partition coefficient (Wildman–Crippen LogP) is 3.75. The SMILES string of the molecule is CCc1ccccc1Nc1cc(C(=O)N2CCN(c3ccccc3)CC2)ncn1. The molecule has 0 atom stereocenters. The summed E-state index contributed by atoms with van der Waals surface area (Å²) in [6.07, 6.45) is 2.37. The fraction of sp³-hybridized carbons (Fsp3) is 0.261. The summed E-state index contributed by atoms with van der Waals surface area (Å²) < 4.78 is 0. The largest absolute Gasteiger partial charge is 0.368 e. The lowest BCUT2D eigenvalue weighted by atomic mass is 10.1. The van der Waals surface area contributed by atoms with Gasteiger partial charge in [0.2, 0.25) is 0 Å². The Hall–Kier alpha value is -3.41. The fourth-order valence-corrected chi connectivity index (χ4v) is 3.60. The van der Waals surface area contributed by atoms with Gasteiger partial charge in [-0.2, -0.15) is 0 Å². The molecule has 0 bridgehead atoms. The Morgan fingerprint density at radius 2 is 1.69 bits per heavy atom. The minimum absolute atomic E-state index is 0.0491. The van der Waals surface area contributed by atoms with Gasteiger partial charge in [0.15, 0.2) is 0 Å². The number of piperazine rings is 1. The highest BCUT2D eigenvalue weighted by Gasteiger charge is 2.23. The van der Waals surface area contributed by atoms with E-state index in [2.05, 4.69) is 45.3 Å². The smallest absolute Gasteiger partial charge is 0.272 e. The van der Waals surface area contributed by atoms with Crippen LogP contribution in [0.5, 0.6) is 0 Å². The maximum absolute atomic E-state index is 13.0. The van der Waals surface area contributed by atoms with Gasteiger partial charge in [-0.05, 0) is 30.2 Å². The molecule has 1 N–H and O–H groups in total. The van der Waals surface area contributed by atoms with Crippen molar-refractivity contribution in [2.45, 2.75) is 13.3 Å². The Kier molecular flexibility index (Phi) is 5.70. The summed E-state index contributed by atoms with van der Waals surface area (Å²) in [5.74, 6) is 0.583. The minimum atomic E-state index is -0.0491. The summed E-state index contributed by atoms with van der Waals surface area (Å²) in [4.78, 5) is 25.6. The van der Waals surface area contributed by atoms with Crippen molar-refractivity contribution in [1.29, 1.82) is 0 Å². The molecule has 1 aliphatic rings. The lowest BCUT2D eigenvalue weighted by Crippen LogP contribution is -2.49. The highest BCUT2D eigenvalue weighted by atomic mass is 16.2. The summed E-state index contributed by atoms with van der Waals surface area (Å²) in [5, 5.41) is 3.32. The van der Waals surface area contributed by atoms with Crippen LogP contribution in [0.3, 0.4) is 0 Å². The fourth-order valence-electron chi connectivity index (χ4n) is 3.60. The van der Waals surface area contributed by atoms with Gasteiger partial charge < -0.3 is 15.1 Å². The van der Waals surface area contributed by atoms with Crippen LogP contribution in [0.4, 0.5) is 17.2 Å². The zero-order chi connectivity index (χ0) is 20.1. The van der Waals surface area contributed by atoms with Gasteiger partial charge in [0.1, 0.15) is 17.8 Å². The normalized spacial score (nSPS) is 14.0. The molecule has 6 heteroatoms. The van der Waals surface area contributed by atoms with Gasteiger partial charge in [-0.3, -0.25) is 4.79 Å². The maximum Gasteiger partial charge on any atom is 0.272 e. The number of carbonyl (C=O) groups is 1. The van der Waals surface area contributed by atoms with Crippen LogP contribution in [0.2, 0.25) is 0 Å². The van der Waals surface area contributed by atoms with E-state index in [1.807, 2.05) is 41.3 Å². The van der Waals surface area contributed by atoms with Crippen molar-refractivity contribution in [2.75, 3.05) is 36.4 Å². The van der Waals surface area contributed by atoms with E-state index < -0.39 is 0 Å². The van der Waals surface area contributed by atoms with Crippen molar-refractivity contribution < 1.29 is 4.79 Å². The lowest BCUT2D eigenvalue weighted by molar-refractivity contribution is 0.0740. The summed E-state index contributed by atoms with van der Waals surface area (Å²) in [7, 11) is 0. The second-order valence-electron chi connectivity index (χ2n) is 7.04. The molecular weight excluding hydrogens is 362 g/mol. The Balaban J connectivity index is 1.43. The van der Waals surface area contributed by atoms with Crippen molar-refractivity contribution in [3.63, 3.8) is 0 Å². The molecule has 1 saturated heterocycles. The molecule has 0 unspecified atom stereocenters. The van der Waals surface area contributed by atoms with E-state index in [9.17, 15) is 4.79 Å². The van der Waals surface area contributed by atoms with Gasteiger partial charge in [0.05, 0.1) is 0 Å². The second kappa shape index (κ2) is 8.73. The van der Waals surface area contributed by atoms with Gasteiger partial charge in [-0.25, -0.2) is 9.97 Å². The summed E-state index contributed by atoms with van der Waals surface area (Å²) in [6, 6.07) is 20.2. The zero-order valence-electron chi connectivity index (χ0n) is 16.6. The first-order valence-corrected chi connectivity index (χ1v) is 10.0. The number of hydrogen-bond acceptors (Lipinski definition) is 5. The molecule has 2 aromatic carbocycles. The monoisotopic (exact) mass is 387 g/mol. The zero-order valence-corrected chi connectivity index (χ0v) is 16.6. The molecule has 0 spiro atoms. The first-order valence-electron chi connectivity index (χ1n) is 10.0. The summed E-state index contributed by atoms with van der Waals surface area (Å²) in [5.41, 5.74) is 3.83. The molecule has 1 amide bonds. The Bertz CT molecular complexity index is 968. The molecule has 0 radical (unpaired) electrons. The standard InChI is InChI=1S/C23H25N5O/c1-2-18-8-6-7-11-20(18)26-22-16-21(24-17-25-22)23(29)28-14-12-27(13-15-28)19-9-4-3-5-10-19/h3-11,16-17H,2,12-15H2,1H3,(H,24,25,26). The van der Waals surface area contributed by atoms with E-state index in [4.69, 9.17) is 0 Å². The number of hydrogen-bond donors (Lipinski definition) is 1. The van der Waals surface area contributed by atoms with Gasteiger partial charge in [-0.15, -0.1) is 0 Å².